The number of aromatic nitrogens is 2. The lowest BCUT2D eigenvalue weighted by Gasteiger charge is -2.30. The number of hydrogen-bond donors (Lipinski definition) is 2. The molecule has 172 valence electrons. The second-order valence-corrected chi connectivity index (χ2v) is 8.89. The van der Waals surface area contributed by atoms with Crippen LogP contribution >= 0.6 is 0 Å². The number of ether oxygens (including phenoxy) is 1. The molecule has 33 heavy (non-hydrogen) atoms. The van der Waals surface area contributed by atoms with Crippen LogP contribution in [0, 0.1) is 0 Å². The largest absolute Gasteiger partial charge is 0.503 e. The number of nitrogens with one attached hydrogen (secondary N) is 1. The topological polar surface area (TPSA) is 93.4 Å². The second-order valence-electron chi connectivity index (χ2n) is 8.89. The van der Waals surface area contributed by atoms with Gasteiger partial charge >= 0.3 is 0 Å². The molecule has 3 aromatic rings. The Hall–Kier alpha value is -3.61. The van der Waals surface area contributed by atoms with Gasteiger partial charge in [-0.15, -0.1) is 0 Å². The van der Waals surface area contributed by atoms with Crippen molar-refractivity contribution in [1.29, 1.82) is 0 Å². The Kier molecular flexibility index (Phi) is 6.49. The normalized spacial score (nSPS) is 14.9. The Balaban J connectivity index is 1.58. The van der Waals surface area contributed by atoms with Crippen molar-refractivity contribution >= 4 is 11.6 Å². The van der Waals surface area contributed by atoms with Crippen LogP contribution in [0.15, 0.2) is 65.6 Å². The van der Waals surface area contributed by atoms with Crippen molar-refractivity contribution in [1.82, 2.24) is 9.78 Å². The highest BCUT2D eigenvalue weighted by atomic mass is 16.5. The van der Waals surface area contributed by atoms with E-state index in [2.05, 4.69) is 22.5 Å². The van der Waals surface area contributed by atoms with Gasteiger partial charge in [-0.1, -0.05) is 43.2 Å². The Morgan fingerprint density at radius 1 is 1.12 bits per heavy atom. The molecule has 1 fully saturated rings. The van der Waals surface area contributed by atoms with E-state index in [-0.39, 0.29) is 17.2 Å². The number of carbonyl (C=O) groups excluding carboxylic acids is 1. The molecule has 7 heteroatoms. The fourth-order valence-corrected chi connectivity index (χ4v) is 4.52. The molecule has 0 atom stereocenters. The maximum atomic E-state index is 12.9. The summed E-state index contributed by atoms with van der Waals surface area (Å²) in [7, 11) is 0. The van der Waals surface area contributed by atoms with E-state index in [9.17, 15) is 14.7 Å². The molecular weight excluding hydrogens is 418 g/mol. The highest BCUT2D eigenvalue weighted by Gasteiger charge is 2.36. The molecule has 4 rings (SSSR count). The molecule has 0 aliphatic heterocycles. The fraction of sp³-hybridized carbons (Fsp3) is 0.346. The van der Waals surface area contributed by atoms with Crippen molar-refractivity contribution in [2.75, 3.05) is 5.32 Å². The van der Waals surface area contributed by atoms with E-state index < -0.39 is 17.1 Å². The first-order valence-electron chi connectivity index (χ1n) is 11.3. The van der Waals surface area contributed by atoms with Crippen molar-refractivity contribution in [2.24, 2.45) is 0 Å². The highest BCUT2D eigenvalue weighted by molar-refractivity contribution is 6.02. The van der Waals surface area contributed by atoms with Gasteiger partial charge in [0.2, 0.25) is 0 Å². The predicted molar refractivity (Wildman–Crippen MR) is 127 cm³/mol. The first-order chi connectivity index (χ1) is 15.9. The minimum Gasteiger partial charge on any atom is -0.503 e. The fourth-order valence-electron chi connectivity index (χ4n) is 4.52. The molecule has 1 aliphatic rings. The summed E-state index contributed by atoms with van der Waals surface area (Å²) >= 11 is 0. The highest BCUT2D eigenvalue weighted by Crippen LogP contribution is 2.42. The van der Waals surface area contributed by atoms with Crippen molar-refractivity contribution < 1.29 is 14.6 Å². The minimum atomic E-state index is -0.788. The van der Waals surface area contributed by atoms with E-state index in [1.807, 2.05) is 32.0 Å². The molecule has 1 aliphatic carbocycles. The summed E-state index contributed by atoms with van der Waals surface area (Å²) in [6.07, 6.45) is 5.53. The molecule has 0 bridgehead atoms. The van der Waals surface area contributed by atoms with Crippen LogP contribution in [-0.4, -0.2) is 26.9 Å². The molecule has 1 heterocycles. The number of anilines is 1. The molecule has 1 amide bonds. The van der Waals surface area contributed by atoms with E-state index in [0.717, 1.165) is 25.7 Å². The van der Waals surface area contributed by atoms with E-state index in [0.29, 0.717) is 18.0 Å². The Morgan fingerprint density at radius 2 is 1.79 bits per heavy atom. The maximum absolute atomic E-state index is 12.9. The van der Waals surface area contributed by atoms with Crippen molar-refractivity contribution in [3.05, 3.63) is 82.3 Å². The van der Waals surface area contributed by atoms with Crippen LogP contribution in [-0.2, 0) is 12.0 Å². The average molecular weight is 448 g/mol. The van der Waals surface area contributed by atoms with Gasteiger partial charge in [0.25, 0.3) is 11.3 Å². The third-order valence-electron chi connectivity index (χ3n) is 6.06. The minimum absolute atomic E-state index is 0.0412. The maximum Gasteiger partial charge on any atom is 0.280 e. The first-order valence-corrected chi connectivity index (χ1v) is 11.3. The average Bonchev–Trinajstić information content (AvgIpc) is 3.27. The molecule has 1 saturated carbocycles. The third-order valence-corrected chi connectivity index (χ3v) is 6.06. The van der Waals surface area contributed by atoms with E-state index >= 15 is 0 Å². The van der Waals surface area contributed by atoms with Crippen molar-refractivity contribution in [3.8, 4) is 11.5 Å². The lowest BCUT2D eigenvalue weighted by molar-refractivity contribution is 0.101. The Bertz CT molecular complexity index is 1160. The third kappa shape index (κ3) is 5.08. The van der Waals surface area contributed by atoms with Gasteiger partial charge in [0.05, 0.1) is 18.8 Å². The smallest absolute Gasteiger partial charge is 0.280 e. The molecule has 0 spiro atoms. The predicted octanol–water partition coefficient (Wildman–Crippen LogP) is 4.50. The first kappa shape index (κ1) is 22.6. The number of carbonyl (C=O) groups is 1. The number of benzene rings is 2. The molecule has 7 nitrogen and oxygen atoms in total. The molecule has 0 radical (unpaired) electrons. The lowest BCUT2D eigenvalue weighted by atomic mass is 9.79. The van der Waals surface area contributed by atoms with Gasteiger partial charge in [-0.25, -0.2) is 0 Å². The summed E-state index contributed by atoms with van der Waals surface area (Å²) in [5.41, 5.74) is 0.443. The van der Waals surface area contributed by atoms with Crippen LogP contribution in [0.3, 0.4) is 0 Å². The SMILES string of the molecule is CC(C)Oc1ccc(NC(=O)c2nn(CC3(c4ccccc4)CCCC3)cc(O)c2=O)cc1. The number of aromatic hydroxyl groups is 1. The summed E-state index contributed by atoms with van der Waals surface area (Å²) < 4.78 is 7.14. The van der Waals surface area contributed by atoms with E-state index in [4.69, 9.17) is 4.74 Å². The van der Waals surface area contributed by atoms with Crippen LogP contribution < -0.4 is 15.5 Å². The zero-order chi connectivity index (χ0) is 23.4. The standard InChI is InChI=1S/C26H29N3O4/c1-18(2)33-21-12-10-20(11-13-21)27-25(32)23-24(31)22(30)16-29(28-23)17-26(14-6-7-15-26)19-8-4-3-5-9-19/h3-5,8-13,16,18,30H,6-7,14-15,17H2,1-2H3,(H,27,32). The summed E-state index contributed by atoms with van der Waals surface area (Å²) in [5.74, 6) is -0.469. The lowest BCUT2D eigenvalue weighted by Crippen LogP contribution is -2.32. The van der Waals surface area contributed by atoms with Crippen molar-refractivity contribution in [3.63, 3.8) is 0 Å². The molecular formula is C26H29N3O4. The van der Waals surface area contributed by atoms with E-state index in [1.54, 1.807) is 24.3 Å². The number of rotatable bonds is 7. The van der Waals surface area contributed by atoms with Crippen LogP contribution in [0.4, 0.5) is 5.69 Å². The van der Waals surface area contributed by atoms with Gasteiger partial charge in [0.1, 0.15) is 5.75 Å². The molecule has 0 saturated heterocycles. The van der Waals surface area contributed by atoms with Gasteiger partial charge in [0, 0.05) is 11.1 Å². The molecule has 2 aromatic carbocycles. The molecule has 1 aromatic heterocycles. The number of amides is 1. The van der Waals surface area contributed by atoms with Gasteiger partial charge in [0.15, 0.2) is 11.4 Å². The Morgan fingerprint density at radius 3 is 2.42 bits per heavy atom. The zero-order valence-corrected chi connectivity index (χ0v) is 19.0. The molecule has 0 unspecified atom stereocenters. The van der Waals surface area contributed by atoms with Crippen LogP contribution in [0.25, 0.3) is 0 Å². The second kappa shape index (κ2) is 9.48. The van der Waals surface area contributed by atoms with Gasteiger partial charge in [-0.3, -0.25) is 14.3 Å². The van der Waals surface area contributed by atoms with Gasteiger partial charge in [-0.2, -0.15) is 5.10 Å². The van der Waals surface area contributed by atoms with E-state index in [1.165, 1.54) is 16.4 Å². The monoisotopic (exact) mass is 447 g/mol. The zero-order valence-electron chi connectivity index (χ0n) is 19.0. The van der Waals surface area contributed by atoms with Gasteiger partial charge in [-0.05, 0) is 56.5 Å². The van der Waals surface area contributed by atoms with Gasteiger partial charge < -0.3 is 15.2 Å². The summed E-state index contributed by atoms with van der Waals surface area (Å²) in [6.45, 7) is 4.34. The number of nitrogens with zero attached hydrogens (tertiary/aromatic N) is 2. The quantitative estimate of drug-likeness (QED) is 0.556. The van der Waals surface area contributed by atoms with Crippen molar-refractivity contribution in [2.45, 2.75) is 57.6 Å². The van der Waals surface area contributed by atoms with Crippen LogP contribution in [0.2, 0.25) is 0 Å². The summed E-state index contributed by atoms with van der Waals surface area (Å²) in [4.78, 5) is 25.4. The Labute approximate surface area is 193 Å². The van der Waals surface area contributed by atoms with Crippen LogP contribution in [0.5, 0.6) is 11.5 Å². The summed E-state index contributed by atoms with van der Waals surface area (Å²) in [6, 6.07) is 17.1. The number of hydrogen-bond acceptors (Lipinski definition) is 5. The van der Waals surface area contributed by atoms with Crippen LogP contribution in [0.1, 0.15) is 55.6 Å². The molecule has 2 N–H and O–H groups in total. The summed E-state index contributed by atoms with van der Waals surface area (Å²) in [5, 5.41) is 17.3.